The van der Waals surface area contributed by atoms with Gasteiger partial charge in [-0.1, -0.05) is 42.5 Å². The van der Waals surface area contributed by atoms with E-state index in [4.69, 9.17) is 0 Å². The topological polar surface area (TPSA) is 51.1 Å². The van der Waals surface area contributed by atoms with E-state index in [1.165, 1.54) is 11.1 Å². The Hall–Kier alpha value is -2.53. The van der Waals surface area contributed by atoms with Crippen molar-refractivity contribution in [2.24, 2.45) is 4.99 Å². The van der Waals surface area contributed by atoms with Gasteiger partial charge in [0.05, 0.1) is 0 Å². The largest absolute Gasteiger partial charge is 0.508 e. The minimum Gasteiger partial charge on any atom is -0.508 e. The average molecular weight is 367 g/mol. The van der Waals surface area contributed by atoms with Gasteiger partial charge in [0, 0.05) is 46.3 Å². The van der Waals surface area contributed by atoms with Gasteiger partial charge < -0.3 is 15.3 Å². The van der Waals surface area contributed by atoms with Crippen LogP contribution < -0.4 is 5.32 Å². The van der Waals surface area contributed by atoms with E-state index in [1.807, 2.05) is 19.2 Å². The van der Waals surface area contributed by atoms with Crippen LogP contribution in [0.1, 0.15) is 17.5 Å². The number of guanidine groups is 1. The number of aryl methyl sites for hydroxylation is 1. The van der Waals surface area contributed by atoms with E-state index < -0.39 is 0 Å². The summed E-state index contributed by atoms with van der Waals surface area (Å²) in [6.45, 7) is 6.05. The smallest absolute Gasteiger partial charge is 0.193 e. The van der Waals surface area contributed by atoms with Crippen molar-refractivity contribution in [2.75, 3.05) is 39.8 Å². The first-order valence-electron chi connectivity index (χ1n) is 9.74. The quantitative estimate of drug-likeness (QED) is 0.469. The van der Waals surface area contributed by atoms with Crippen molar-refractivity contribution in [3.8, 4) is 5.75 Å². The first-order chi connectivity index (χ1) is 13.2. The van der Waals surface area contributed by atoms with Gasteiger partial charge in [0.15, 0.2) is 5.96 Å². The molecule has 1 fully saturated rings. The van der Waals surface area contributed by atoms with Gasteiger partial charge in [0.25, 0.3) is 0 Å². The molecule has 0 saturated carbocycles. The number of aromatic hydroxyl groups is 1. The van der Waals surface area contributed by atoms with Crippen molar-refractivity contribution in [3.63, 3.8) is 0 Å². The highest BCUT2D eigenvalue weighted by molar-refractivity contribution is 5.79. The Labute approximate surface area is 162 Å². The summed E-state index contributed by atoms with van der Waals surface area (Å²) in [5.74, 6) is 1.32. The molecule has 144 valence electrons. The van der Waals surface area contributed by atoms with Crippen LogP contribution in [0.25, 0.3) is 0 Å². The van der Waals surface area contributed by atoms with Gasteiger partial charge in [-0.15, -0.1) is 0 Å². The summed E-state index contributed by atoms with van der Waals surface area (Å²) in [7, 11) is 1.86. The predicted molar refractivity (Wildman–Crippen MR) is 111 cm³/mol. The number of benzene rings is 2. The van der Waals surface area contributed by atoms with Crippen LogP contribution in [0.4, 0.5) is 0 Å². The minimum atomic E-state index is 0.323. The van der Waals surface area contributed by atoms with Crippen LogP contribution in [-0.4, -0.2) is 60.6 Å². The zero-order valence-corrected chi connectivity index (χ0v) is 16.1. The van der Waals surface area contributed by atoms with Gasteiger partial charge in [-0.3, -0.25) is 9.89 Å². The summed E-state index contributed by atoms with van der Waals surface area (Å²) >= 11 is 0. The highest BCUT2D eigenvalue weighted by Crippen LogP contribution is 2.11. The Morgan fingerprint density at radius 2 is 1.67 bits per heavy atom. The highest BCUT2D eigenvalue weighted by atomic mass is 16.3. The molecular weight excluding hydrogens is 336 g/mol. The van der Waals surface area contributed by atoms with E-state index in [-0.39, 0.29) is 0 Å². The summed E-state index contributed by atoms with van der Waals surface area (Å²) in [6, 6.07) is 18.1. The number of rotatable bonds is 6. The van der Waals surface area contributed by atoms with Crippen LogP contribution in [0.15, 0.2) is 59.6 Å². The molecule has 1 aliphatic rings. The number of nitrogens with one attached hydrogen (secondary N) is 1. The highest BCUT2D eigenvalue weighted by Gasteiger charge is 2.19. The average Bonchev–Trinajstić information content (AvgIpc) is 2.71. The standard InChI is InChI=1S/C22H30N4O/c1-23-22(24-13-5-8-19-9-11-21(27)12-10-19)26-16-14-25(15-17-26)18-20-6-3-2-4-7-20/h2-4,6-7,9-12,27H,5,8,13-18H2,1H3,(H,23,24). The molecule has 0 aromatic heterocycles. The van der Waals surface area contributed by atoms with Gasteiger partial charge in [-0.2, -0.15) is 0 Å². The maximum Gasteiger partial charge on any atom is 0.193 e. The number of aliphatic imine (C=N–C) groups is 1. The summed E-state index contributed by atoms with van der Waals surface area (Å²) in [6.07, 6.45) is 2.03. The van der Waals surface area contributed by atoms with E-state index in [0.717, 1.165) is 58.1 Å². The summed E-state index contributed by atoms with van der Waals surface area (Å²) < 4.78 is 0. The summed E-state index contributed by atoms with van der Waals surface area (Å²) in [4.78, 5) is 9.31. The maximum absolute atomic E-state index is 9.34. The van der Waals surface area contributed by atoms with Crippen molar-refractivity contribution in [3.05, 3.63) is 65.7 Å². The molecule has 0 unspecified atom stereocenters. The van der Waals surface area contributed by atoms with Crippen LogP contribution in [0.5, 0.6) is 5.75 Å². The molecule has 0 spiro atoms. The van der Waals surface area contributed by atoms with Gasteiger partial charge >= 0.3 is 0 Å². The zero-order chi connectivity index (χ0) is 18.9. The molecule has 0 aliphatic carbocycles. The molecule has 1 heterocycles. The molecule has 2 aromatic rings. The first kappa shape index (κ1) is 19.2. The lowest BCUT2D eigenvalue weighted by Crippen LogP contribution is -2.52. The fraction of sp³-hybridized carbons (Fsp3) is 0.409. The Kier molecular flexibility index (Phi) is 7.11. The van der Waals surface area contributed by atoms with Crippen LogP contribution in [-0.2, 0) is 13.0 Å². The number of phenols is 1. The second-order valence-corrected chi connectivity index (χ2v) is 6.99. The van der Waals surface area contributed by atoms with E-state index in [1.54, 1.807) is 12.1 Å². The monoisotopic (exact) mass is 366 g/mol. The van der Waals surface area contributed by atoms with Crippen molar-refractivity contribution >= 4 is 5.96 Å². The van der Waals surface area contributed by atoms with Crippen LogP contribution in [0.2, 0.25) is 0 Å². The van der Waals surface area contributed by atoms with Gasteiger partial charge in [-0.05, 0) is 36.1 Å². The SMILES string of the molecule is CN=C(NCCCc1ccc(O)cc1)N1CCN(Cc2ccccc2)CC1. The molecule has 0 radical (unpaired) electrons. The molecule has 5 heteroatoms. The van der Waals surface area contributed by atoms with Crippen molar-refractivity contribution in [2.45, 2.75) is 19.4 Å². The number of nitrogens with zero attached hydrogens (tertiary/aromatic N) is 3. The van der Waals surface area contributed by atoms with Crippen molar-refractivity contribution < 1.29 is 5.11 Å². The molecule has 1 saturated heterocycles. The lowest BCUT2D eigenvalue weighted by atomic mass is 10.1. The van der Waals surface area contributed by atoms with Gasteiger partial charge in [-0.25, -0.2) is 0 Å². The van der Waals surface area contributed by atoms with E-state index >= 15 is 0 Å². The maximum atomic E-state index is 9.34. The Bertz CT molecular complexity index is 707. The third kappa shape index (κ3) is 6.00. The minimum absolute atomic E-state index is 0.323. The second kappa shape index (κ2) is 9.97. The van der Waals surface area contributed by atoms with Gasteiger partial charge in [0.1, 0.15) is 5.75 Å². The second-order valence-electron chi connectivity index (χ2n) is 6.99. The lowest BCUT2D eigenvalue weighted by Gasteiger charge is -2.36. The molecule has 27 heavy (non-hydrogen) atoms. The number of phenolic OH excluding ortho intramolecular Hbond substituents is 1. The third-order valence-corrected chi connectivity index (χ3v) is 4.99. The van der Waals surface area contributed by atoms with E-state index in [9.17, 15) is 5.11 Å². The molecule has 0 amide bonds. The van der Waals surface area contributed by atoms with Crippen LogP contribution >= 0.6 is 0 Å². The molecule has 2 aromatic carbocycles. The molecular formula is C22H30N4O. The van der Waals surface area contributed by atoms with E-state index in [0.29, 0.717) is 5.75 Å². The summed E-state index contributed by atoms with van der Waals surface area (Å²) in [5.41, 5.74) is 2.63. The molecule has 5 nitrogen and oxygen atoms in total. The number of hydrogen-bond donors (Lipinski definition) is 2. The Balaban J connectivity index is 1.38. The fourth-order valence-corrected chi connectivity index (χ4v) is 3.45. The molecule has 2 N–H and O–H groups in total. The molecule has 0 atom stereocenters. The normalized spacial score (nSPS) is 15.7. The van der Waals surface area contributed by atoms with Crippen LogP contribution in [0, 0.1) is 0 Å². The van der Waals surface area contributed by atoms with E-state index in [2.05, 4.69) is 50.4 Å². The molecule has 3 rings (SSSR count). The fourth-order valence-electron chi connectivity index (χ4n) is 3.45. The molecule has 0 bridgehead atoms. The lowest BCUT2D eigenvalue weighted by molar-refractivity contribution is 0.172. The summed E-state index contributed by atoms with van der Waals surface area (Å²) in [5, 5.41) is 12.8. The zero-order valence-electron chi connectivity index (χ0n) is 16.1. The third-order valence-electron chi connectivity index (χ3n) is 4.99. The molecule has 1 aliphatic heterocycles. The Morgan fingerprint density at radius 1 is 0.963 bits per heavy atom. The number of hydrogen-bond acceptors (Lipinski definition) is 3. The first-order valence-corrected chi connectivity index (χ1v) is 9.74. The predicted octanol–water partition coefficient (Wildman–Crippen LogP) is 2.72. The van der Waals surface area contributed by atoms with Crippen LogP contribution in [0.3, 0.4) is 0 Å². The van der Waals surface area contributed by atoms with Crippen molar-refractivity contribution in [1.82, 2.24) is 15.1 Å². The van der Waals surface area contributed by atoms with Gasteiger partial charge in [0.2, 0.25) is 0 Å². The Morgan fingerprint density at radius 3 is 2.33 bits per heavy atom. The number of piperazine rings is 1. The van der Waals surface area contributed by atoms with Crippen molar-refractivity contribution in [1.29, 1.82) is 0 Å².